The minimum absolute atomic E-state index is 0.0341. The first kappa shape index (κ1) is 18.9. The van der Waals surface area contributed by atoms with Gasteiger partial charge in [-0.2, -0.15) is 5.26 Å². The number of aliphatic hydroxyl groups excluding tert-OH is 1. The van der Waals surface area contributed by atoms with E-state index < -0.39 is 11.9 Å². The summed E-state index contributed by atoms with van der Waals surface area (Å²) in [7, 11) is 0. The predicted molar refractivity (Wildman–Crippen MR) is 81.8 cm³/mol. The lowest BCUT2D eigenvalue weighted by atomic mass is 9.92. The van der Waals surface area contributed by atoms with Gasteiger partial charge in [0.15, 0.2) is 0 Å². The van der Waals surface area contributed by atoms with Gasteiger partial charge in [0.1, 0.15) is 6.04 Å². The predicted octanol–water partition coefficient (Wildman–Crippen LogP) is -0.810. The van der Waals surface area contributed by atoms with Gasteiger partial charge in [-0.15, -0.1) is 0 Å². The number of carbonyl (C=O) groups is 3. The number of hydrogen-bond acceptors (Lipinski definition) is 5. The highest BCUT2D eigenvalue weighted by Crippen LogP contribution is 2.17. The van der Waals surface area contributed by atoms with Gasteiger partial charge in [-0.05, 0) is 32.1 Å². The van der Waals surface area contributed by atoms with Crippen molar-refractivity contribution in [1.82, 2.24) is 16.0 Å². The van der Waals surface area contributed by atoms with Crippen LogP contribution in [0.25, 0.3) is 0 Å². The molecule has 8 heteroatoms. The molecule has 128 valence electrons. The van der Waals surface area contributed by atoms with Gasteiger partial charge in [0.05, 0.1) is 12.6 Å². The van der Waals surface area contributed by atoms with Crippen molar-refractivity contribution in [3.8, 4) is 6.07 Å². The highest BCUT2D eigenvalue weighted by molar-refractivity contribution is 5.85. The smallest absolute Gasteiger partial charge is 0.240 e. The van der Waals surface area contributed by atoms with Gasteiger partial charge in [0, 0.05) is 25.5 Å². The van der Waals surface area contributed by atoms with Crippen molar-refractivity contribution in [3.05, 3.63) is 0 Å². The van der Waals surface area contributed by atoms with Crippen molar-refractivity contribution < 1.29 is 19.5 Å². The fourth-order valence-corrected chi connectivity index (χ4v) is 2.40. The van der Waals surface area contributed by atoms with Gasteiger partial charge in [0.2, 0.25) is 17.7 Å². The molecule has 23 heavy (non-hydrogen) atoms. The van der Waals surface area contributed by atoms with Gasteiger partial charge in [-0.25, -0.2) is 0 Å². The second kappa shape index (κ2) is 10.6. The number of aliphatic hydroxyl groups is 1. The first-order chi connectivity index (χ1) is 11.1. The average molecular weight is 324 g/mol. The third-order valence-corrected chi connectivity index (χ3v) is 3.67. The Kier molecular flexibility index (Phi) is 8.68. The Morgan fingerprint density at radius 3 is 2.83 bits per heavy atom. The molecule has 1 aliphatic rings. The molecule has 0 unspecified atom stereocenters. The number of hydrogen-bond donors (Lipinski definition) is 4. The van der Waals surface area contributed by atoms with Gasteiger partial charge in [-0.1, -0.05) is 0 Å². The standard InChI is InChI=1S/C15H24N4O4/c16-9-12(8-11-4-3-6-17-15(11)23)19-14(22)10-18-13(21)5-1-2-7-20/h11-12,20H,1-8,10H2,(H,17,23)(H,18,21)(H,19,22)/t11-,12-/m0/s1. The summed E-state index contributed by atoms with van der Waals surface area (Å²) in [6.45, 7) is 0.487. The zero-order chi connectivity index (χ0) is 17.1. The van der Waals surface area contributed by atoms with Crippen molar-refractivity contribution in [2.24, 2.45) is 5.92 Å². The minimum Gasteiger partial charge on any atom is -0.396 e. The molecule has 0 aromatic heterocycles. The van der Waals surface area contributed by atoms with Crippen LogP contribution in [0.4, 0.5) is 0 Å². The highest BCUT2D eigenvalue weighted by Gasteiger charge is 2.26. The Bertz CT molecular complexity index is 461. The summed E-state index contributed by atoms with van der Waals surface area (Å²) in [4.78, 5) is 34.9. The zero-order valence-corrected chi connectivity index (χ0v) is 13.1. The van der Waals surface area contributed by atoms with Gasteiger partial charge in [0.25, 0.3) is 0 Å². The fourth-order valence-electron chi connectivity index (χ4n) is 2.40. The van der Waals surface area contributed by atoms with E-state index in [1.54, 1.807) is 0 Å². The second-order valence-electron chi connectivity index (χ2n) is 5.57. The van der Waals surface area contributed by atoms with Gasteiger partial charge in [-0.3, -0.25) is 14.4 Å². The van der Waals surface area contributed by atoms with Crippen molar-refractivity contribution in [2.45, 2.75) is 44.6 Å². The SMILES string of the molecule is N#C[C@H](C[C@@H]1CCCNC1=O)NC(=O)CNC(=O)CCCCO. The molecule has 1 rings (SSSR count). The van der Waals surface area contributed by atoms with Crippen LogP contribution >= 0.6 is 0 Å². The van der Waals surface area contributed by atoms with E-state index >= 15 is 0 Å². The maximum atomic E-state index is 11.8. The van der Waals surface area contributed by atoms with Crippen LogP contribution in [0.15, 0.2) is 0 Å². The van der Waals surface area contributed by atoms with Crippen molar-refractivity contribution in [3.63, 3.8) is 0 Å². The molecule has 2 atom stereocenters. The van der Waals surface area contributed by atoms with Gasteiger partial charge >= 0.3 is 0 Å². The summed E-state index contributed by atoms with van der Waals surface area (Å²) >= 11 is 0. The number of amides is 3. The van der Waals surface area contributed by atoms with E-state index in [1.165, 1.54) is 0 Å². The van der Waals surface area contributed by atoms with E-state index in [0.717, 1.165) is 6.42 Å². The third kappa shape index (κ3) is 7.61. The molecule has 8 nitrogen and oxygen atoms in total. The van der Waals surface area contributed by atoms with Crippen LogP contribution in [-0.2, 0) is 14.4 Å². The maximum Gasteiger partial charge on any atom is 0.240 e. The molecular formula is C15H24N4O4. The monoisotopic (exact) mass is 324 g/mol. The zero-order valence-electron chi connectivity index (χ0n) is 13.1. The van der Waals surface area contributed by atoms with Gasteiger partial charge < -0.3 is 21.1 Å². The molecule has 1 heterocycles. The first-order valence-corrected chi connectivity index (χ1v) is 7.91. The van der Waals surface area contributed by atoms with Crippen LogP contribution in [0, 0.1) is 17.2 Å². The van der Waals surface area contributed by atoms with Crippen LogP contribution in [0.1, 0.15) is 38.5 Å². The number of nitrogens with one attached hydrogen (secondary N) is 3. The third-order valence-electron chi connectivity index (χ3n) is 3.67. The van der Waals surface area contributed by atoms with Crippen LogP contribution in [-0.4, -0.2) is 48.6 Å². The molecule has 0 bridgehead atoms. The van der Waals surface area contributed by atoms with Crippen molar-refractivity contribution >= 4 is 17.7 Å². The lowest BCUT2D eigenvalue weighted by Gasteiger charge is -2.23. The second-order valence-corrected chi connectivity index (χ2v) is 5.57. The Labute approximate surface area is 135 Å². The Morgan fingerprint density at radius 1 is 1.39 bits per heavy atom. The van der Waals surface area contributed by atoms with Crippen LogP contribution < -0.4 is 16.0 Å². The maximum absolute atomic E-state index is 11.8. The molecule has 1 saturated heterocycles. The molecule has 1 fully saturated rings. The molecule has 0 saturated carbocycles. The quantitative estimate of drug-likeness (QED) is 0.412. The normalized spacial score (nSPS) is 18.4. The Hall–Kier alpha value is -2.14. The van der Waals surface area contributed by atoms with E-state index in [4.69, 9.17) is 10.4 Å². The fraction of sp³-hybridized carbons (Fsp3) is 0.733. The molecule has 0 spiro atoms. The first-order valence-electron chi connectivity index (χ1n) is 7.91. The van der Waals surface area contributed by atoms with E-state index in [1.807, 2.05) is 6.07 Å². The van der Waals surface area contributed by atoms with Crippen LogP contribution in [0.5, 0.6) is 0 Å². The number of unbranched alkanes of at least 4 members (excludes halogenated alkanes) is 1. The number of nitrogens with zero attached hydrogens (tertiary/aromatic N) is 1. The van der Waals surface area contributed by atoms with Crippen molar-refractivity contribution in [1.29, 1.82) is 5.26 Å². The number of carbonyl (C=O) groups excluding carboxylic acids is 3. The van der Waals surface area contributed by atoms with E-state index in [2.05, 4.69) is 16.0 Å². The lowest BCUT2D eigenvalue weighted by molar-refractivity contribution is -0.128. The molecule has 0 aromatic carbocycles. The van der Waals surface area contributed by atoms with E-state index in [0.29, 0.717) is 25.8 Å². The van der Waals surface area contributed by atoms with Crippen LogP contribution in [0.3, 0.4) is 0 Å². The summed E-state index contributed by atoms with van der Waals surface area (Å²) in [5, 5.41) is 25.5. The topological polar surface area (TPSA) is 131 Å². The minimum atomic E-state index is -0.748. The summed E-state index contributed by atoms with van der Waals surface area (Å²) in [5.74, 6) is -1.07. The van der Waals surface area contributed by atoms with E-state index in [9.17, 15) is 14.4 Å². The van der Waals surface area contributed by atoms with E-state index in [-0.39, 0.29) is 43.7 Å². The molecule has 1 aliphatic heterocycles. The Morgan fingerprint density at radius 2 is 2.17 bits per heavy atom. The number of piperidine rings is 1. The molecule has 0 radical (unpaired) electrons. The highest BCUT2D eigenvalue weighted by atomic mass is 16.3. The largest absolute Gasteiger partial charge is 0.396 e. The molecular weight excluding hydrogens is 300 g/mol. The summed E-state index contributed by atoms with van der Waals surface area (Å²) < 4.78 is 0. The summed E-state index contributed by atoms with van der Waals surface area (Å²) in [5.41, 5.74) is 0. The molecule has 4 N–H and O–H groups in total. The number of rotatable bonds is 9. The lowest BCUT2D eigenvalue weighted by Crippen LogP contribution is -2.44. The summed E-state index contributed by atoms with van der Waals surface area (Å²) in [6.07, 6.45) is 3.20. The number of nitriles is 1. The average Bonchev–Trinajstić information content (AvgIpc) is 2.54. The van der Waals surface area contributed by atoms with Crippen LogP contribution in [0.2, 0.25) is 0 Å². The Balaban J connectivity index is 2.29. The molecule has 3 amide bonds. The van der Waals surface area contributed by atoms with Crippen molar-refractivity contribution in [2.75, 3.05) is 19.7 Å². The summed E-state index contributed by atoms with van der Waals surface area (Å²) in [6, 6.07) is 1.23. The molecule has 0 aromatic rings. The molecule has 0 aliphatic carbocycles.